The van der Waals surface area contributed by atoms with Gasteiger partial charge in [-0.05, 0) is 53.5 Å². The molecule has 2 N–H and O–H groups in total. The minimum absolute atomic E-state index is 0.0515. The molecule has 2 aliphatic carbocycles. The van der Waals surface area contributed by atoms with Crippen molar-refractivity contribution in [2.45, 2.75) is 24.7 Å². The van der Waals surface area contributed by atoms with Crippen molar-refractivity contribution in [1.82, 2.24) is 0 Å². The molecule has 0 aliphatic heterocycles. The van der Waals surface area contributed by atoms with Gasteiger partial charge in [0.25, 0.3) is 0 Å². The van der Waals surface area contributed by atoms with Crippen molar-refractivity contribution in [3.8, 4) is 18.2 Å². The highest BCUT2D eigenvalue weighted by atomic mass is 35.5. The zero-order chi connectivity index (χ0) is 21.3. The highest BCUT2D eigenvalue weighted by Crippen LogP contribution is 2.57. The smallest absolute Gasteiger partial charge is 0.191 e. The average Bonchev–Trinajstić information content (AvgIpc) is 2.79. The van der Waals surface area contributed by atoms with Gasteiger partial charge in [-0.25, -0.2) is 0 Å². The predicted molar refractivity (Wildman–Crippen MR) is 115 cm³/mol. The molecule has 5 heteroatoms. The lowest BCUT2D eigenvalue weighted by molar-refractivity contribution is 0.303. The summed E-state index contributed by atoms with van der Waals surface area (Å²) in [6.45, 7) is 0. The van der Waals surface area contributed by atoms with Crippen LogP contribution in [0.15, 0.2) is 77.5 Å². The first-order chi connectivity index (χ1) is 14.6. The van der Waals surface area contributed by atoms with E-state index in [1.807, 2.05) is 30.3 Å². The van der Waals surface area contributed by atoms with Crippen molar-refractivity contribution in [3.63, 3.8) is 0 Å². The van der Waals surface area contributed by atoms with E-state index in [1.54, 1.807) is 12.1 Å². The van der Waals surface area contributed by atoms with Crippen molar-refractivity contribution in [3.05, 3.63) is 93.7 Å². The fourth-order valence-corrected chi connectivity index (χ4v) is 5.06. The number of nitriles is 3. The van der Waals surface area contributed by atoms with E-state index in [9.17, 15) is 15.8 Å². The Hall–Kier alpha value is -3.52. The van der Waals surface area contributed by atoms with Gasteiger partial charge in [-0.15, -0.1) is 0 Å². The summed E-state index contributed by atoms with van der Waals surface area (Å²) in [5.74, 6) is -0.421. The maximum atomic E-state index is 10.1. The molecule has 0 spiro atoms. The number of nitrogens with two attached hydrogens (primary N) is 1. The molecule has 2 aromatic carbocycles. The third kappa shape index (κ3) is 2.96. The van der Waals surface area contributed by atoms with Crippen LogP contribution in [0.3, 0.4) is 0 Å². The maximum Gasteiger partial charge on any atom is 0.191 e. The highest BCUT2D eigenvalue weighted by Gasteiger charge is 2.54. The molecule has 0 amide bonds. The minimum atomic E-state index is -1.61. The Kier molecular flexibility index (Phi) is 5.09. The first-order valence-corrected chi connectivity index (χ1v) is 10.2. The van der Waals surface area contributed by atoms with E-state index in [4.69, 9.17) is 17.3 Å². The van der Waals surface area contributed by atoms with Crippen LogP contribution >= 0.6 is 11.6 Å². The molecular weight excluding hydrogens is 392 g/mol. The third-order valence-electron chi connectivity index (χ3n) is 6.38. The number of halogens is 1. The Bertz CT molecular complexity index is 1140. The van der Waals surface area contributed by atoms with Crippen molar-refractivity contribution in [2.75, 3.05) is 0 Å². The van der Waals surface area contributed by atoms with Crippen LogP contribution in [-0.4, -0.2) is 0 Å². The molecule has 0 saturated carbocycles. The van der Waals surface area contributed by atoms with E-state index in [1.165, 1.54) is 5.56 Å². The second-order valence-corrected chi connectivity index (χ2v) is 8.24. The van der Waals surface area contributed by atoms with E-state index in [-0.39, 0.29) is 23.1 Å². The van der Waals surface area contributed by atoms with Gasteiger partial charge in [-0.2, -0.15) is 15.8 Å². The molecule has 2 aliphatic rings. The van der Waals surface area contributed by atoms with Gasteiger partial charge in [0.15, 0.2) is 5.41 Å². The van der Waals surface area contributed by atoms with Crippen LogP contribution in [0.1, 0.15) is 35.8 Å². The molecule has 0 heterocycles. The van der Waals surface area contributed by atoms with Crippen LogP contribution in [0.5, 0.6) is 0 Å². The van der Waals surface area contributed by atoms with E-state index in [0.717, 1.165) is 24.0 Å². The molecule has 3 atom stereocenters. The summed E-state index contributed by atoms with van der Waals surface area (Å²) in [5, 5.41) is 30.7. The number of rotatable bonds is 2. The molecule has 2 aromatic rings. The van der Waals surface area contributed by atoms with Crippen molar-refractivity contribution < 1.29 is 0 Å². The van der Waals surface area contributed by atoms with Gasteiger partial charge in [0.1, 0.15) is 6.07 Å². The number of benzene rings is 2. The number of hydrogen-bond acceptors (Lipinski definition) is 4. The van der Waals surface area contributed by atoms with Gasteiger partial charge in [0.2, 0.25) is 0 Å². The Morgan fingerprint density at radius 1 is 0.933 bits per heavy atom. The molecule has 4 rings (SSSR count). The van der Waals surface area contributed by atoms with Gasteiger partial charge in [0.05, 0.1) is 23.4 Å². The number of nitrogens with zero attached hydrogens (tertiary/aromatic N) is 3. The molecule has 146 valence electrons. The number of hydrogen-bond donors (Lipinski definition) is 1. The summed E-state index contributed by atoms with van der Waals surface area (Å²) in [6, 6.07) is 24.0. The van der Waals surface area contributed by atoms with Crippen LogP contribution in [0.2, 0.25) is 5.02 Å². The third-order valence-corrected chi connectivity index (χ3v) is 6.63. The van der Waals surface area contributed by atoms with Crippen molar-refractivity contribution in [2.24, 2.45) is 17.1 Å². The second-order valence-electron chi connectivity index (χ2n) is 7.81. The lowest BCUT2D eigenvalue weighted by Gasteiger charge is -2.45. The minimum Gasteiger partial charge on any atom is -0.399 e. The molecule has 0 saturated heterocycles. The second kappa shape index (κ2) is 7.72. The summed E-state index contributed by atoms with van der Waals surface area (Å²) >= 11 is 6.09. The Morgan fingerprint density at radius 3 is 2.20 bits per heavy atom. The Morgan fingerprint density at radius 2 is 1.60 bits per heavy atom. The maximum absolute atomic E-state index is 10.1. The van der Waals surface area contributed by atoms with E-state index in [2.05, 4.69) is 36.4 Å². The van der Waals surface area contributed by atoms with E-state index < -0.39 is 11.3 Å². The molecule has 0 unspecified atom stereocenters. The fraction of sp³-hybridized carbons (Fsp3) is 0.240. The van der Waals surface area contributed by atoms with Gasteiger partial charge in [-0.3, -0.25) is 0 Å². The molecular formula is C25H19ClN4. The predicted octanol–water partition coefficient (Wildman–Crippen LogP) is 5.33. The summed E-state index contributed by atoms with van der Waals surface area (Å²) < 4.78 is 0. The largest absolute Gasteiger partial charge is 0.399 e. The summed E-state index contributed by atoms with van der Waals surface area (Å²) in [4.78, 5) is 0. The van der Waals surface area contributed by atoms with Crippen LogP contribution < -0.4 is 5.73 Å². The van der Waals surface area contributed by atoms with Gasteiger partial charge in [0, 0.05) is 10.9 Å². The fourth-order valence-electron chi connectivity index (χ4n) is 4.93. The first kappa shape index (κ1) is 19.8. The molecule has 0 fully saturated rings. The topological polar surface area (TPSA) is 97.4 Å². The van der Waals surface area contributed by atoms with Gasteiger partial charge >= 0.3 is 0 Å². The van der Waals surface area contributed by atoms with Crippen LogP contribution in [0.4, 0.5) is 0 Å². The SMILES string of the molecule is N#CC1=C(N)C(C#N)(C#N)[C@H](c2ccc(Cl)cc2)[C@@H]2C[C@@H](c3ccccc3)CC=C12. The quantitative estimate of drug-likeness (QED) is 0.723. The van der Waals surface area contributed by atoms with Crippen LogP contribution in [-0.2, 0) is 0 Å². The zero-order valence-corrected chi connectivity index (χ0v) is 17.0. The summed E-state index contributed by atoms with van der Waals surface area (Å²) in [5.41, 5.74) is 7.95. The first-order valence-electron chi connectivity index (χ1n) is 9.79. The van der Waals surface area contributed by atoms with Crippen molar-refractivity contribution >= 4 is 11.6 Å². The van der Waals surface area contributed by atoms with E-state index in [0.29, 0.717) is 5.02 Å². The summed E-state index contributed by atoms with van der Waals surface area (Å²) in [6.07, 6.45) is 3.58. The monoisotopic (exact) mass is 410 g/mol. The zero-order valence-electron chi connectivity index (χ0n) is 16.2. The Balaban J connectivity index is 1.93. The molecule has 0 bridgehead atoms. The molecule has 30 heavy (non-hydrogen) atoms. The van der Waals surface area contributed by atoms with Gasteiger partial charge in [-0.1, -0.05) is 60.1 Å². The highest BCUT2D eigenvalue weighted by molar-refractivity contribution is 6.30. The molecule has 4 nitrogen and oxygen atoms in total. The standard InChI is InChI=1S/C25H19ClN4/c26-19-9-6-17(7-10-19)23-21-12-18(16-4-2-1-3-5-16)8-11-20(21)22(13-27)24(30)25(23,14-28)15-29/h1-7,9-11,18,21,23H,8,12,30H2/t18-,21+,23+/m0/s1. The normalized spacial score (nSPS) is 24.6. The van der Waals surface area contributed by atoms with E-state index >= 15 is 0 Å². The Labute approximate surface area is 181 Å². The number of fused-ring (bicyclic) bond motifs is 1. The lowest BCUT2D eigenvalue weighted by Crippen LogP contribution is -2.43. The number of allylic oxidation sites excluding steroid dienone is 4. The van der Waals surface area contributed by atoms with Gasteiger partial charge < -0.3 is 5.73 Å². The average molecular weight is 411 g/mol. The van der Waals surface area contributed by atoms with Crippen LogP contribution in [0, 0.1) is 45.3 Å². The molecule has 0 radical (unpaired) electrons. The summed E-state index contributed by atoms with van der Waals surface area (Å²) in [7, 11) is 0. The lowest BCUT2D eigenvalue weighted by atomic mass is 9.55. The van der Waals surface area contributed by atoms with Crippen LogP contribution in [0.25, 0.3) is 0 Å². The molecule has 0 aromatic heterocycles. The van der Waals surface area contributed by atoms with Crippen molar-refractivity contribution in [1.29, 1.82) is 15.8 Å².